The molecule has 82 valence electrons. The molecular weight excluding hydrogens is 272 g/mol. The Bertz CT molecular complexity index is 489. The molecule has 0 aromatic heterocycles. The van der Waals surface area contributed by atoms with Gasteiger partial charge in [0, 0.05) is 10.0 Å². The zero-order chi connectivity index (χ0) is 12.1. The number of nitriles is 1. The number of rotatable bonds is 3. The standard InChI is InChI=1S/C11H9BrN2O2/c1-16-10-3-2-9(12)5-7(10)4-8(6-13)11(14)15/h2-5H,1H3,(H2,14,15). The lowest BCUT2D eigenvalue weighted by atomic mass is 10.1. The van der Waals surface area contributed by atoms with E-state index in [0.717, 1.165) is 4.47 Å². The average molecular weight is 281 g/mol. The minimum Gasteiger partial charge on any atom is -0.496 e. The van der Waals surface area contributed by atoms with Crippen molar-refractivity contribution in [3.63, 3.8) is 0 Å². The van der Waals surface area contributed by atoms with Crippen LogP contribution in [0.3, 0.4) is 0 Å². The lowest BCUT2D eigenvalue weighted by Crippen LogP contribution is -2.12. The molecule has 0 unspecified atom stereocenters. The molecule has 0 bridgehead atoms. The summed E-state index contributed by atoms with van der Waals surface area (Å²) >= 11 is 3.29. The fraction of sp³-hybridized carbons (Fsp3) is 0.0909. The Kier molecular flexibility index (Phi) is 4.09. The van der Waals surface area contributed by atoms with E-state index < -0.39 is 5.91 Å². The quantitative estimate of drug-likeness (QED) is 0.678. The second-order valence-corrected chi connectivity index (χ2v) is 3.84. The van der Waals surface area contributed by atoms with E-state index >= 15 is 0 Å². The summed E-state index contributed by atoms with van der Waals surface area (Å²) in [6.45, 7) is 0. The number of amides is 1. The van der Waals surface area contributed by atoms with Crippen LogP contribution in [0.2, 0.25) is 0 Å². The maximum absolute atomic E-state index is 10.9. The molecule has 0 aliphatic heterocycles. The molecule has 4 nitrogen and oxygen atoms in total. The molecule has 16 heavy (non-hydrogen) atoms. The summed E-state index contributed by atoms with van der Waals surface area (Å²) in [5.74, 6) is -0.193. The van der Waals surface area contributed by atoms with E-state index in [0.29, 0.717) is 11.3 Å². The lowest BCUT2D eigenvalue weighted by Gasteiger charge is -2.05. The fourth-order valence-electron chi connectivity index (χ4n) is 1.13. The van der Waals surface area contributed by atoms with E-state index in [4.69, 9.17) is 15.7 Å². The molecule has 1 amide bonds. The zero-order valence-electron chi connectivity index (χ0n) is 8.53. The summed E-state index contributed by atoms with van der Waals surface area (Å²) in [7, 11) is 1.51. The number of carbonyl (C=O) groups excluding carboxylic acids is 1. The second-order valence-electron chi connectivity index (χ2n) is 2.92. The largest absolute Gasteiger partial charge is 0.496 e. The van der Waals surface area contributed by atoms with E-state index in [1.54, 1.807) is 24.3 Å². The highest BCUT2D eigenvalue weighted by Gasteiger charge is 2.07. The highest BCUT2D eigenvalue weighted by Crippen LogP contribution is 2.25. The first-order chi connectivity index (χ1) is 7.58. The van der Waals surface area contributed by atoms with Crippen molar-refractivity contribution < 1.29 is 9.53 Å². The first-order valence-electron chi connectivity index (χ1n) is 4.33. The third-order valence-electron chi connectivity index (χ3n) is 1.88. The summed E-state index contributed by atoms with van der Waals surface area (Å²) in [5.41, 5.74) is 5.55. The molecular formula is C11H9BrN2O2. The van der Waals surface area contributed by atoms with Gasteiger partial charge in [-0.2, -0.15) is 5.26 Å². The van der Waals surface area contributed by atoms with Crippen molar-refractivity contribution in [1.82, 2.24) is 0 Å². The van der Waals surface area contributed by atoms with Gasteiger partial charge in [0.05, 0.1) is 7.11 Å². The van der Waals surface area contributed by atoms with Gasteiger partial charge in [-0.3, -0.25) is 4.79 Å². The first kappa shape index (κ1) is 12.3. The molecule has 0 saturated heterocycles. The molecule has 0 fully saturated rings. The van der Waals surface area contributed by atoms with Gasteiger partial charge in [-0.25, -0.2) is 0 Å². The third-order valence-corrected chi connectivity index (χ3v) is 2.37. The molecule has 1 rings (SSSR count). The number of primary amides is 1. The maximum atomic E-state index is 10.9. The van der Waals surface area contributed by atoms with Crippen molar-refractivity contribution in [2.24, 2.45) is 5.73 Å². The fourth-order valence-corrected chi connectivity index (χ4v) is 1.51. The number of hydrogen-bond acceptors (Lipinski definition) is 3. The van der Waals surface area contributed by atoms with Crippen LogP contribution < -0.4 is 10.5 Å². The van der Waals surface area contributed by atoms with Gasteiger partial charge in [0.15, 0.2) is 0 Å². The van der Waals surface area contributed by atoms with Gasteiger partial charge in [-0.15, -0.1) is 0 Å². The van der Waals surface area contributed by atoms with Crippen molar-refractivity contribution in [1.29, 1.82) is 5.26 Å². The van der Waals surface area contributed by atoms with E-state index in [2.05, 4.69) is 15.9 Å². The van der Waals surface area contributed by atoms with E-state index in [1.165, 1.54) is 13.2 Å². The minimum atomic E-state index is -0.760. The van der Waals surface area contributed by atoms with Crippen LogP contribution in [-0.2, 0) is 4.79 Å². The van der Waals surface area contributed by atoms with Gasteiger partial charge >= 0.3 is 0 Å². The Morgan fingerprint density at radius 3 is 2.81 bits per heavy atom. The van der Waals surface area contributed by atoms with E-state index in [-0.39, 0.29) is 5.57 Å². The molecule has 0 aliphatic rings. The SMILES string of the molecule is COc1ccc(Br)cc1C=C(C#N)C(N)=O. The van der Waals surface area contributed by atoms with Crippen LogP contribution >= 0.6 is 15.9 Å². The molecule has 1 aromatic rings. The van der Waals surface area contributed by atoms with Gasteiger partial charge in [-0.1, -0.05) is 15.9 Å². The molecule has 0 heterocycles. The van der Waals surface area contributed by atoms with Crippen molar-refractivity contribution in [3.05, 3.63) is 33.8 Å². The van der Waals surface area contributed by atoms with Gasteiger partial charge < -0.3 is 10.5 Å². The average Bonchev–Trinajstić information content (AvgIpc) is 2.25. The number of hydrogen-bond donors (Lipinski definition) is 1. The van der Waals surface area contributed by atoms with Crippen LogP contribution in [0.25, 0.3) is 6.08 Å². The zero-order valence-corrected chi connectivity index (χ0v) is 10.1. The van der Waals surface area contributed by atoms with Crippen LogP contribution in [0.15, 0.2) is 28.2 Å². The summed E-state index contributed by atoms with van der Waals surface area (Å²) in [4.78, 5) is 10.9. The highest BCUT2D eigenvalue weighted by molar-refractivity contribution is 9.10. The second kappa shape index (κ2) is 5.33. The molecule has 5 heteroatoms. The smallest absolute Gasteiger partial charge is 0.259 e. The van der Waals surface area contributed by atoms with E-state index in [9.17, 15) is 4.79 Å². The number of halogens is 1. The predicted molar refractivity (Wildman–Crippen MR) is 63.5 cm³/mol. The summed E-state index contributed by atoms with van der Waals surface area (Å²) in [6.07, 6.45) is 1.39. The number of nitrogens with two attached hydrogens (primary N) is 1. The predicted octanol–water partition coefficient (Wildman–Crippen LogP) is 1.85. The monoisotopic (exact) mass is 280 g/mol. The van der Waals surface area contributed by atoms with Crippen LogP contribution in [0, 0.1) is 11.3 Å². The number of nitrogens with zero attached hydrogens (tertiary/aromatic N) is 1. The third kappa shape index (κ3) is 2.84. The Labute approximate surface area is 101 Å². The molecule has 0 aliphatic carbocycles. The minimum absolute atomic E-state index is 0.114. The normalized spacial score (nSPS) is 10.7. The first-order valence-corrected chi connectivity index (χ1v) is 5.13. The molecule has 0 spiro atoms. The number of carbonyl (C=O) groups is 1. The van der Waals surface area contributed by atoms with Crippen molar-refractivity contribution >= 4 is 27.9 Å². The topological polar surface area (TPSA) is 76.1 Å². The molecule has 1 aromatic carbocycles. The Hall–Kier alpha value is -1.80. The summed E-state index contributed by atoms with van der Waals surface area (Å²) < 4.78 is 5.92. The van der Waals surface area contributed by atoms with Crippen molar-refractivity contribution in [2.45, 2.75) is 0 Å². The van der Waals surface area contributed by atoms with Gasteiger partial charge in [0.2, 0.25) is 0 Å². The van der Waals surface area contributed by atoms with Crippen molar-refractivity contribution in [2.75, 3.05) is 7.11 Å². The molecule has 2 N–H and O–H groups in total. The molecule has 0 atom stereocenters. The van der Waals surface area contributed by atoms with Gasteiger partial charge in [-0.05, 0) is 24.3 Å². The summed E-state index contributed by atoms with van der Waals surface area (Å²) in [5, 5.41) is 8.72. The number of methoxy groups -OCH3 is 1. The lowest BCUT2D eigenvalue weighted by molar-refractivity contribution is -0.114. The van der Waals surface area contributed by atoms with Crippen LogP contribution in [0.1, 0.15) is 5.56 Å². The Balaban J connectivity index is 3.27. The molecule has 0 saturated carbocycles. The summed E-state index contributed by atoms with van der Waals surface area (Å²) in [6, 6.07) is 7.00. The van der Waals surface area contributed by atoms with Crippen LogP contribution in [-0.4, -0.2) is 13.0 Å². The molecule has 0 radical (unpaired) electrons. The Morgan fingerprint density at radius 2 is 2.31 bits per heavy atom. The number of ether oxygens (including phenoxy) is 1. The highest BCUT2D eigenvalue weighted by atomic mass is 79.9. The van der Waals surface area contributed by atoms with Gasteiger partial charge in [0.25, 0.3) is 5.91 Å². The van der Waals surface area contributed by atoms with E-state index in [1.807, 2.05) is 0 Å². The van der Waals surface area contributed by atoms with Crippen LogP contribution in [0.4, 0.5) is 0 Å². The maximum Gasteiger partial charge on any atom is 0.259 e. The van der Waals surface area contributed by atoms with Gasteiger partial charge in [0.1, 0.15) is 17.4 Å². The van der Waals surface area contributed by atoms with Crippen LogP contribution in [0.5, 0.6) is 5.75 Å². The van der Waals surface area contributed by atoms with Crippen molar-refractivity contribution in [3.8, 4) is 11.8 Å². The number of benzene rings is 1. The Morgan fingerprint density at radius 1 is 1.62 bits per heavy atom.